The molecule has 0 amide bonds. The van der Waals surface area contributed by atoms with Crippen molar-refractivity contribution in [3.05, 3.63) is 108 Å². The number of rotatable bonds is 5. The topological polar surface area (TPSA) is 54.4 Å². The van der Waals surface area contributed by atoms with Crippen LogP contribution in [0.4, 0.5) is 0 Å². The van der Waals surface area contributed by atoms with Crippen molar-refractivity contribution >= 4 is 22.3 Å². The van der Waals surface area contributed by atoms with Gasteiger partial charge in [0.2, 0.25) is 0 Å². The van der Waals surface area contributed by atoms with Crippen molar-refractivity contribution in [3.8, 4) is 0 Å². The molecule has 2 aromatic rings. The van der Waals surface area contributed by atoms with Gasteiger partial charge in [0.15, 0.2) is 0 Å². The Labute approximate surface area is 173 Å². The zero-order chi connectivity index (χ0) is 17.8. The van der Waals surface area contributed by atoms with E-state index in [1.54, 1.807) is 42.5 Å². The van der Waals surface area contributed by atoms with Crippen molar-refractivity contribution in [1.29, 1.82) is 0 Å². The molecule has 0 heterocycles. The summed E-state index contributed by atoms with van der Waals surface area (Å²) in [7, 11) is -4.26. The molecule has 25 heavy (non-hydrogen) atoms. The molecule has 0 atom stereocenters. The smallest absolute Gasteiger partial charge is 1.00 e. The van der Waals surface area contributed by atoms with Gasteiger partial charge in [0.05, 0.1) is 4.91 Å². The Bertz CT molecular complexity index is 809. The first-order chi connectivity index (χ1) is 11.5. The third-order valence-corrected chi connectivity index (χ3v) is 3.66. The van der Waals surface area contributed by atoms with Gasteiger partial charge in [0, 0.05) is 0 Å². The monoisotopic (exact) mass is 364 g/mol. The first-order valence-corrected chi connectivity index (χ1v) is 8.62. The Morgan fingerprint density at radius 2 is 1.32 bits per heavy atom. The van der Waals surface area contributed by atoms with Crippen LogP contribution in [0.2, 0.25) is 0 Å². The van der Waals surface area contributed by atoms with Crippen molar-refractivity contribution < 1.29 is 44.0 Å². The largest absolute Gasteiger partial charge is 1.00 e. The fourth-order valence-corrected chi connectivity index (χ4v) is 2.19. The Kier molecular flexibility index (Phi) is 11.8. The molecule has 0 unspecified atom stereocenters. The predicted molar refractivity (Wildman–Crippen MR) is 103 cm³/mol. The molecule has 2 aromatic carbocycles. The average Bonchev–Trinajstić information content (AvgIpc) is 2.59. The van der Waals surface area contributed by atoms with Crippen LogP contribution in [0, 0.1) is 0 Å². The molecule has 0 spiro atoms. The normalized spacial score (nSPS) is 11.0. The molecule has 0 saturated carbocycles. The van der Waals surface area contributed by atoms with Crippen LogP contribution < -0.4 is 29.6 Å². The summed E-state index contributed by atoms with van der Waals surface area (Å²) in [4.78, 5) is -0.146. The second-order valence-electron chi connectivity index (χ2n) is 4.65. The molecule has 1 N–H and O–H groups in total. The molecular weight excluding hydrogens is 343 g/mol. The minimum absolute atomic E-state index is 0. The van der Waals surface area contributed by atoms with E-state index in [1.807, 2.05) is 36.4 Å². The van der Waals surface area contributed by atoms with Crippen molar-refractivity contribution in [2.75, 3.05) is 0 Å². The molecule has 0 bridgehead atoms. The molecule has 0 aliphatic heterocycles. The molecule has 0 fully saturated rings. The van der Waals surface area contributed by atoms with E-state index in [4.69, 9.17) is 0 Å². The van der Waals surface area contributed by atoms with E-state index in [0.717, 1.165) is 5.56 Å². The third kappa shape index (κ3) is 10.0. The van der Waals surface area contributed by atoms with E-state index in [-0.39, 0.29) is 35.9 Å². The van der Waals surface area contributed by atoms with Gasteiger partial charge in [0.1, 0.15) is 0 Å². The summed E-state index contributed by atoms with van der Waals surface area (Å²) in [6.07, 6.45) is 7.73. The van der Waals surface area contributed by atoms with Gasteiger partial charge in [0.25, 0.3) is 10.1 Å². The molecule has 126 valence electrons. The van der Waals surface area contributed by atoms with Gasteiger partial charge in [-0.2, -0.15) is 8.42 Å². The van der Waals surface area contributed by atoms with E-state index < -0.39 is 10.1 Å². The Balaban J connectivity index is 0. The Morgan fingerprint density at radius 3 is 1.72 bits per heavy atom. The first-order valence-electron chi connectivity index (χ1n) is 7.18. The molecule has 2 rings (SSSR count). The van der Waals surface area contributed by atoms with E-state index in [9.17, 15) is 13.0 Å². The van der Waals surface area contributed by atoms with Crippen LogP contribution in [0.5, 0.6) is 0 Å². The molecule has 0 aromatic heterocycles. The molecule has 0 aliphatic rings. The van der Waals surface area contributed by atoms with Crippen LogP contribution in [0.25, 0.3) is 12.2 Å². The summed E-state index contributed by atoms with van der Waals surface area (Å²) in [5.41, 5.74) is 1.56. The average molecular weight is 364 g/mol. The van der Waals surface area contributed by atoms with Crippen LogP contribution in [-0.2, 0) is 10.1 Å². The quantitative estimate of drug-likeness (QED) is 0.502. The number of allylic oxidation sites excluding steroid dienone is 3. The number of hydrogen-bond donors (Lipinski definition) is 1. The van der Waals surface area contributed by atoms with Crippen molar-refractivity contribution in [2.24, 2.45) is 0 Å². The minimum Gasteiger partial charge on any atom is -1.00 e. The maximum absolute atomic E-state index is 11.4. The third-order valence-electron chi connectivity index (χ3n) is 2.81. The fraction of sp³-hybridized carbons (Fsp3) is 0. The maximum Gasteiger partial charge on any atom is 1.00 e. The van der Waals surface area contributed by atoms with Gasteiger partial charge in [-0.05, 0) is 23.3 Å². The van der Waals surface area contributed by atoms with Crippen molar-refractivity contribution in [3.63, 3.8) is 0 Å². The van der Waals surface area contributed by atoms with Gasteiger partial charge >= 0.3 is 29.6 Å². The van der Waals surface area contributed by atoms with Crippen LogP contribution in [0.3, 0.4) is 0 Å². The van der Waals surface area contributed by atoms with Crippen LogP contribution in [0.15, 0.2) is 97.0 Å². The van der Waals surface area contributed by atoms with Gasteiger partial charge in [-0.3, -0.25) is 4.55 Å². The van der Waals surface area contributed by atoms with Crippen LogP contribution >= 0.6 is 0 Å². The van der Waals surface area contributed by atoms with Gasteiger partial charge in [-0.15, -0.1) is 0 Å². The molecule has 5 heteroatoms. The number of hydrogen-bond acceptors (Lipinski definition) is 2. The molecular formula is C20H21NaO3S. The van der Waals surface area contributed by atoms with E-state index in [2.05, 4.69) is 13.2 Å². The van der Waals surface area contributed by atoms with Crippen molar-refractivity contribution in [1.82, 2.24) is 0 Å². The second kappa shape index (κ2) is 12.6. The summed E-state index contributed by atoms with van der Waals surface area (Å²) in [6.45, 7) is 6.72. The summed E-state index contributed by atoms with van der Waals surface area (Å²) in [5.74, 6) is 0. The summed E-state index contributed by atoms with van der Waals surface area (Å²) in [6, 6.07) is 18.2. The van der Waals surface area contributed by atoms with E-state index in [1.165, 1.54) is 12.2 Å². The van der Waals surface area contributed by atoms with E-state index in [0.29, 0.717) is 5.56 Å². The maximum atomic E-state index is 11.4. The fourth-order valence-electron chi connectivity index (χ4n) is 1.66. The van der Waals surface area contributed by atoms with Gasteiger partial charge < -0.3 is 1.43 Å². The number of benzene rings is 2. The zero-order valence-corrected chi connectivity index (χ0v) is 17.1. The Hall–Kier alpha value is -1.69. The first kappa shape index (κ1) is 23.3. The second-order valence-corrected chi connectivity index (χ2v) is 6.07. The van der Waals surface area contributed by atoms with E-state index >= 15 is 0 Å². The zero-order valence-electron chi connectivity index (χ0n) is 15.2. The SMILES string of the molecule is C=CC=C.O=S(=O)(O)C(C=Cc1ccccc1)=Cc1ccccc1.[H-].[Na+]. The molecule has 0 radical (unpaired) electrons. The molecule has 3 nitrogen and oxygen atoms in total. The minimum atomic E-state index is -4.26. The summed E-state index contributed by atoms with van der Waals surface area (Å²) < 4.78 is 32.1. The summed E-state index contributed by atoms with van der Waals surface area (Å²) >= 11 is 0. The van der Waals surface area contributed by atoms with Gasteiger partial charge in [-0.25, -0.2) is 0 Å². The molecule has 0 saturated heterocycles. The van der Waals surface area contributed by atoms with Crippen molar-refractivity contribution in [2.45, 2.75) is 0 Å². The standard InChI is InChI=1S/C16H14O3S.C4H6.Na.H/c17-20(18,19)16(13-15-9-5-2-6-10-15)12-11-14-7-3-1-4-8-14;1-3-4-2;;/h1-13H,(H,17,18,19);3-4H,1-2H2;;/q;;+1;-1. The Morgan fingerprint density at radius 1 is 0.880 bits per heavy atom. The van der Waals surface area contributed by atoms with Crippen LogP contribution in [0.1, 0.15) is 12.6 Å². The molecule has 0 aliphatic carbocycles. The van der Waals surface area contributed by atoms with Crippen LogP contribution in [-0.4, -0.2) is 13.0 Å². The predicted octanol–water partition coefficient (Wildman–Crippen LogP) is 2.10. The summed E-state index contributed by atoms with van der Waals surface area (Å²) in [5, 5.41) is 0. The van der Waals surface area contributed by atoms with Gasteiger partial charge in [-0.1, -0.05) is 92.0 Å².